The van der Waals surface area contributed by atoms with Crippen LogP contribution in [0, 0.1) is 24.2 Å². The molecule has 8 atom stereocenters. The van der Waals surface area contributed by atoms with Gasteiger partial charge >= 0.3 is 0 Å². The van der Waals surface area contributed by atoms with Crippen molar-refractivity contribution in [3.63, 3.8) is 0 Å². The van der Waals surface area contributed by atoms with E-state index < -0.39 is 6.10 Å². The van der Waals surface area contributed by atoms with Crippen LogP contribution >= 0.6 is 0 Å². The molecule has 0 aromatic heterocycles. The maximum Gasteiger partial charge on any atom is 0.161 e. The van der Waals surface area contributed by atoms with E-state index in [-0.39, 0.29) is 40.9 Å². The number of phenols is 2. The minimum atomic E-state index is -0.468. The third-order valence-electron chi connectivity index (χ3n) is 9.57. The fourth-order valence-electron chi connectivity index (χ4n) is 7.70. The number of fused-ring (bicyclic) bond motifs is 5. The first kappa shape index (κ1) is 22.2. The molecule has 0 unspecified atom stereocenters. The van der Waals surface area contributed by atoms with Crippen LogP contribution in [0.25, 0.3) is 0 Å². The van der Waals surface area contributed by atoms with Crippen molar-refractivity contribution in [1.29, 1.82) is 0 Å². The average molecular weight is 442 g/mol. The van der Waals surface area contributed by atoms with Gasteiger partial charge in [-0.25, -0.2) is 0 Å². The Morgan fingerprint density at radius 3 is 2.62 bits per heavy atom. The second-order valence-electron chi connectivity index (χ2n) is 11.5. The van der Waals surface area contributed by atoms with Crippen molar-refractivity contribution in [2.75, 3.05) is 6.54 Å². The van der Waals surface area contributed by atoms with Gasteiger partial charge in [0.05, 0.1) is 12.2 Å². The highest BCUT2D eigenvalue weighted by atomic mass is 16.3. The van der Waals surface area contributed by atoms with Crippen LogP contribution in [0.4, 0.5) is 0 Å². The standard InChI is InChI=1S/C27H39NO4/c1-13-9-21(30)24(28-12-13)15(3)22-14(2)19-11-20-18(23(19)26(32)25(22)31)6-5-16-10-17(29)7-8-27(16,20)4/h5,13,15,17-18,20-21,24,28-32H,6-12H2,1-4H3/t13-,15-,17-,18+,20-,21+,24-,27-/m0/s1. The van der Waals surface area contributed by atoms with E-state index in [2.05, 4.69) is 39.1 Å². The first-order chi connectivity index (χ1) is 15.1. The zero-order valence-electron chi connectivity index (χ0n) is 19.9. The lowest BCUT2D eigenvalue weighted by Gasteiger charge is -2.48. The average Bonchev–Trinajstić information content (AvgIpc) is 3.14. The number of allylic oxidation sites excluding steroid dienone is 1. The minimum Gasteiger partial charge on any atom is -0.504 e. The Labute approximate surface area is 191 Å². The molecule has 1 heterocycles. The molecule has 0 spiro atoms. The van der Waals surface area contributed by atoms with Crippen molar-refractivity contribution in [1.82, 2.24) is 5.32 Å². The molecule has 0 radical (unpaired) electrons. The third kappa shape index (κ3) is 3.15. The van der Waals surface area contributed by atoms with Crippen LogP contribution < -0.4 is 5.32 Å². The summed E-state index contributed by atoms with van der Waals surface area (Å²) >= 11 is 0. The monoisotopic (exact) mass is 441 g/mol. The number of phenolic OH excluding ortho intramolecular Hbond substituents is 2. The van der Waals surface area contributed by atoms with Crippen LogP contribution in [-0.2, 0) is 6.42 Å². The van der Waals surface area contributed by atoms with Gasteiger partial charge in [0.1, 0.15) is 0 Å². The first-order valence-corrected chi connectivity index (χ1v) is 12.5. The van der Waals surface area contributed by atoms with Gasteiger partial charge in [0.15, 0.2) is 11.5 Å². The number of rotatable bonds is 2. The Morgan fingerprint density at radius 2 is 1.91 bits per heavy atom. The number of aromatic hydroxyl groups is 2. The Bertz CT molecular complexity index is 956. The molecule has 5 rings (SSSR count). The molecule has 1 aromatic rings. The van der Waals surface area contributed by atoms with Gasteiger partial charge in [-0.05, 0) is 86.3 Å². The van der Waals surface area contributed by atoms with Crippen molar-refractivity contribution in [2.45, 2.75) is 96.3 Å². The van der Waals surface area contributed by atoms with Crippen LogP contribution in [0.5, 0.6) is 11.5 Å². The van der Waals surface area contributed by atoms with Gasteiger partial charge in [-0.2, -0.15) is 0 Å². The maximum atomic E-state index is 11.2. The molecule has 5 N–H and O–H groups in total. The summed E-state index contributed by atoms with van der Waals surface area (Å²) in [4.78, 5) is 0. The smallest absolute Gasteiger partial charge is 0.161 e. The second kappa shape index (κ2) is 7.75. The Hall–Kier alpha value is -1.56. The molecule has 176 valence electrons. The molecular formula is C27H39NO4. The summed E-state index contributed by atoms with van der Waals surface area (Å²) in [5, 5.41) is 46.9. The van der Waals surface area contributed by atoms with Crippen LogP contribution in [-0.4, -0.2) is 45.2 Å². The van der Waals surface area contributed by atoms with Gasteiger partial charge in [0, 0.05) is 23.1 Å². The number of hydrogen-bond acceptors (Lipinski definition) is 5. The SMILES string of the molecule is Cc1c2c(c(O)c(O)c1[C@H](C)[C@@H]1NC[C@@H](C)C[C@H]1O)[C@@H]1CC=C3C[C@@H](O)CC[C@]3(C)[C@H]1C2. The molecule has 1 aliphatic heterocycles. The van der Waals surface area contributed by atoms with Crippen LogP contribution in [0.1, 0.15) is 87.0 Å². The Kier molecular flexibility index (Phi) is 5.39. The summed E-state index contributed by atoms with van der Waals surface area (Å²) < 4.78 is 0. The van der Waals surface area contributed by atoms with E-state index in [4.69, 9.17) is 0 Å². The van der Waals surface area contributed by atoms with E-state index in [0.717, 1.165) is 61.8 Å². The summed E-state index contributed by atoms with van der Waals surface area (Å²) in [6, 6.07) is -0.137. The quantitative estimate of drug-likeness (QED) is 0.353. The van der Waals surface area contributed by atoms with Gasteiger partial charge in [0.2, 0.25) is 0 Å². The van der Waals surface area contributed by atoms with Crippen molar-refractivity contribution in [3.05, 3.63) is 33.9 Å². The predicted octanol–water partition coefficient (Wildman–Crippen LogP) is 4.01. The van der Waals surface area contributed by atoms with Gasteiger partial charge < -0.3 is 25.7 Å². The number of hydrogen-bond donors (Lipinski definition) is 5. The fraction of sp³-hybridized carbons (Fsp3) is 0.704. The molecule has 32 heavy (non-hydrogen) atoms. The van der Waals surface area contributed by atoms with E-state index in [0.29, 0.717) is 11.8 Å². The molecule has 2 fully saturated rings. The lowest BCUT2D eigenvalue weighted by molar-refractivity contribution is 0.0653. The molecule has 5 heteroatoms. The molecule has 1 aromatic carbocycles. The highest BCUT2D eigenvalue weighted by Crippen LogP contribution is 2.62. The molecule has 0 amide bonds. The fourth-order valence-corrected chi connectivity index (χ4v) is 7.70. The van der Waals surface area contributed by atoms with Crippen molar-refractivity contribution < 1.29 is 20.4 Å². The molecule has 5 nitrogen and oxygen atoms in total. The zero-order chi connectivity index (χ0) is 22.9. The largest absolute Gasteiger partial charge is 0.504 e. The van der Waals surface area contributed by atoms with E-state index >= 15 is 0 Å². The molecule has 1 saturated heterocycles. The molecule has 4 aliphatic rings. The number of piperidine rings is 1. The third-order valence-corrected chi connectivity index (χ3v) is 9.57. The van der Waals surface area contributed by atoms with Crippen molar-refractivity contribution in [3.8, 4) is 11.5 Å². The lowest BCUT2D eigenvalue weighted by atomic mass is 9.57. The van der Waals surface area contributed by atoms with E-state index in [1.807, 2.05) is 0 Å². The molecule has 3 aliphatic carbocycles. The van der Waals surface area contributed by atoms with Gasteiger partial charge in [-0.1, -0.05) is 32.4 Å². The van der Waals surface area contributed by atoms with Crippen molar-refractivity contribution >= 4 is 0 Å². The van der Waals surface area contributed by atoms with E-state index in [9.17, 15) is 20.4 Å². The Balaban J connectivity index is 1.53. The molecule has 0 bridgehead atoms. The van der Waals surface area contributed by atoms with Crippen LogP contribution in [0.3, 0.4) is 0 Å². The highest BCUT2D eigenvalue weighted by Gasteiger charge is 2.52. The van der Waals surface area contributed by atoms with E-state index in [1.165, 1.54) is 11.1 Å². The van der Waals surface area contributed by atoms with Gasteiger partial charge in [-0.3, -0.25) is 0 Å². The Morgan fingerprint density at radius 1 is 1.16 bits per heavy atom. The lowest BCUT2D eigenvalue weighted by Crippen LogP contribution is -2.50. The molecular weight excluding hydrogens is 402 g/mol. The topological polar surface area (TPSA) is 93.0 Å². The maximum absolute atomic E-state index is 11.2. The summed E-state index contributed by atoms with van der Waals surface area (Å²) in [5.74, 6) is 0.971. The van der Waals surface area contributed by atoms with Gasteiger partial charge in [0.25, 0.3) is 0 Å². The predicted molar refractivity (Wildman–Crippen MR) is 125 cm³/mol. The number of benzene rings is 1. The van der Waals surface area contributed by atoms with Crippen LogP contribution in [0.15, 0.2) is 11.6 Å². The summed E-state index contributed by atoms with van der Waals surface area (Å²) in [6.45, 7) is 9.46. The number of nitrogens with one attached hydrogen (secondary N) is 1. The highest BCUT2D eigenvalue weighted by molar-refractivity contribution is 5.63. The summed E-state index contributed by atoms with van der Waals surface area (Å²) in [5.41, 5.74) is 5.41. The zero-order valence-corrected chi connectivity index (χ0v) is 19.9. The summed E-state index contributed by atoms with van der Waals surface area (Å²) in [7, 11) is 0. The van der Waals surface area contributed by atoms with Gasteiger partial charge in [-0.15, -0.1) is 0 Å². The number of aliphatic hydroxyl groups is 2. The minimum absolute atomic E-state index is 0.000943. The van der Waals surface area contributed by atoms with Crippen LogP contribution in [0.2, 0.25) is 0 Å². The van der Waals surface area contributed by atoms with Crippen molar-refractivity contribution in [2.24, 2.45) is 17.3 Å². The summed E-state index contributed by atoms with van der Waals surface area (Å²) in [6.07, 6.45) is 6.67. The normalized spacial score (nSPS) is 39.6. The second-order valence-corrected chi connectivity index (χ2v) is 11.5. The number of aliphatic hydroxyl groups excluding tert-OH is 2. The first-order valence-electron chi connectivity index (χ1n) is 12.5. The van der Waals surface area contributed by atoms with E-state index in [1.54, 1.807) is 0 Å². The molecule has 1 saturated carbocycles.